The van der Waals surface area contributed by atoms with Crippen LogP contribution in [0.5, 0.6) is 0 Å². The van der Waals surface area contributed by atoms with Crippen LogP contribution in [0.4, 0.5) is 0 Å². The summed E-state index contributed by atoms with van der Waals surface area (Å²) in [6.45, 7) is 3.86. The monoisotopic (exact) mass is 100 g/mol. The fourth-order valence-electron chi connectivity index (χ4n) is 0.380. The van der Waals surface area contributed by atoms with Crippen molar-refractivity contribution in [2.75, 3.05) is 6.61 Å². The van der Waals surface area contributed by atoms with E-state index in [-0.39, 0.29) is 6.61 Å². The summed E-state index contributed by atoms with van der Waals surface area (Å²) in [6.07, 6.45) is 4.92. The summed E-state index contributed by atoms with van der Waals surface area (Å²) >= 11 is 0. The van der Waals surface area contributed by atoms with Gasteiger partial charge in [-0.15, -0.1) is 0 Å². The van der Waals surface area contributed by atoms with Crippen molar-refractivity contribution in [3.63, 3.8) is 0 Å². The van der Waals surface area contributed by atoms with E-state index < -0.39 is 0 Å². The molecule has 1 heteroatoms. The Balaban J connectivity index is 2.45. The molecule has 0 spiro atoms. The molecule has 0 aromatic heterocycles. The van der Waals surface area contributed by atoms with E-state index in [2.05, 4.69) is 6.92 Å². The zero-order valence-corrected chi connectivity index (χ0v) is 4.56. The van der Waals surface area contributed by atoms with Crippen LogP contribution in [0.1, 0.15) is 19.3 Å². The summed E-state index contributed by atoms with van der Waals surface area (Å²) in [5.41, 5.74) is 0. The van der Waals surface area contributed by atoms with Gasteiger partial charge in [-0.2, -0.15) is 0 Å². The van der Waals surface area contributed by atoms with Crippen LogP contribution in [0, 0.1) is 13.3 Å². The van der Waals surface area contributed by atoms with Crippen LogP contribution in [-0.2, 0) is 0 Å². The fourth-order valence-corrected chi connectivity index (χ4v) is 0.380. The molecule has 7 heavy (non-hydrogen) atoms. The van der Waals surface area contributed by atoms with Gasteiger partial charge in [0.1, 0.15) is 0 Å². The minimum absolute atomic E-state index is 0.208. The largest absolute Gasteiger partial charge is 0.396 e. The number of hydrogen-bond acceptors (Lipinski definition) is 1. The molecule has 0 unspecified atom stereocenters. The topological polar surface area (TPSA) is 20.2 Å². The minimum atomic E-state index is 0.208. The third kappa shape index (κ3) is 5.96. The van der Waals surface area contributed by atoms with Gasteiger partial charge in [0, 0.05) is 6.61 Å². The van der Waals surface area contributed by atoms with Gasteiger partial charge in [0.2, 0.25) is 0 Å². The lowest BCUT2D eigenvalue weighted by molar-refractivity contribution is 0.322. The van der Waals surface area contributed by atoms with E-state index in [1.165, 1.54) is 0 Å². The Bertz CT molecular complexity index is 23.4. The summed E-state index contributed by atoms with van der Waals surface area (Å²) in [4.78, 5) is 0. The van der Waals surface area contributed by atoms with Crippen LogP contribution >= 0.6 is 0 Å². The molecule has 1 N–H and O–H groups in total. The number of unbranched alkanes of at least 4 members (excludes halogenated alkanes) is 3. The molecule has 0 amide bonds. The molecule has 0 rings (SSSR count). The molecule has 42 valence electrons. The predicted octanol–water partition coefficient (Wildman–Crippen LogP) is 1.19. The first kappa shape index (κ1) is 6.96. The van der Waals surface area contributed by atoms with Gasteiger partial charge < -0.3 is 5.11 Å². The number of hydrogen-bond donors (Lipinski definition) is 1. The Hall–Kier alpha value is -0.0400. The maximum absolute atomic E-state index is 8.22. The molecule has 0 aliphatic heterocycles. The summed E-state index contributed by atoms with van der Waals surface area (Å²) in [5.74, 6) is 0. The van der Waals surface area contributed by atoms with Crippen molar-refractivity contribution in [2.45, 2.75) is 19.3 Å². The molecule has 0 aromatic carbocycles. The first-order chi connectivity index (χ1) is 3.41. The van der Waals surface area contributed by atoms with Crippen molar-refractivity contribution < 1.29 is 5.11 Å². The second-order valence-electron chi connectivity index (χ2n) is 1.47. The highest BCUT2D eigenvalue weighted by Gasteiger charge is 1.81. The molecular formula is C6H12O. The van der Waals surface area contributed by atoms with E-state index in [0.29, 0.717) is 0 Å². The lowest BCUT2D eigenvalue weighted by Gasteiger charge is -1.89. The highest BCUT2D eigenvalue weighted by molar-refractivity contribution is 4.61. The van der Waals surface area contributed by atoms with Gasteiger partial charge in [-0.05, 0) is 12.8 Å². The first-order valence-electron chi connectivity index (χ1n) is 2.63. The van der Waals surface area contributed by atoms with E-state index >= 15 is 0 Å². The first-order valence-corrected chi connectivity index (χ1v) is 2.63. The maximum Gasteiger partial charge on any atom is 0.0462 e. The normalized spacial score (nSPS) is 9.43. The van der Waals surface area contributed by atoms with Crippen molar-refractivity contribution in [3.8, 4) is 0 Å². The highest BCUT2D eigenvalue weighted by atomic mass is 16.2. The van der Waals surface area contributed by atoms with Crippen molar-refractivity contribution in [3.05, 3.63) is 13.3 Å². The van der Waals surface area contributed by atoms with E-state index in [1.807, 2.05) is 6.42 Å². The van der Waals surface area contributed by atoms with Crippen molar-refractivity contribution in [1.29, 1.82) is 0 Å². The van der Waals surface area contributed by atoms with Crippen LogP contribution in [0.25, 0.3) is 0 Å². The van der Waals surface area contributed by atoms with Gasteiger partial charge in [0.25, 0.3) is 0 Å². The second kappa shape index (κ2) is 5.96. The Kier molecular flexibility index (Phi) is 5.93. The minimum Gasteiger partial charge on any atom is -0.396 e. The van der Waals surface area contributed by atoms with Crippen LogP contribution < -0.4 is 0 Å². The maximum atomic E-state index is 8.22. The zero-order chi connectivity index (χ0) is 5.54. The van der Waals surface area contributed by atoms with Crippen molar-refractivity contribution in [2.24, 2.45) is 0 Å². The molecule has 2 radical (unpaired) electrons. The summed E-state index contributed by atoms with van der Waals surface area (Å²) in [6, 6.07) is 0. The van der Waals surface area contributed by atoms with Gasteiger partial charge in [-0.3, -0.25) is 0 Å². The third-order valence-electron chi connectivity index (χ3n) is 0.787. The quantitative estimate of drug-likeness (QED) is 0.526. The van der Waals surface area contributed by atoms with Gasteiger partial charge in [-0.25, -0.2) is 0 Å². The van der Waals surface area contributed by atoms with E-state index in [9.17, 15) is 0 Å². The van der Waals surface area contributed by atoms with Crippen LogP contribution in [0.15, 0.2) is 0 Å². The molecule has 0 fully saturated rings. The van der Waals surface area contributed by atoms with E-state index in [0.717, 1.165) is 19.3 Å². The zero-order valence-electron chi connectivity index (χ0n) is 4.56. The molecule has 0 saturated carbocycles. The smallest absolute Gasteiger partial charge is 0.0462 e. The standard InChI is InChI=1S/C6H12O/c1-2-3-4-5-6-7/h5,7H,1-4,6H2. The molecule has 0 aliphatic rings. The molecule has 0 aromatic rings. The lowest BCUT2D eigenvalue weighted by Crippen LogP contribution is -1.82. The SMILES string of the molecule is [CH2]CCC[CH]CO. The van der Waals surface area contributed by atoms with E-state index in [1.54, 1.807) is 0 Å². The lowest BCUT2D eigenvalue weighted by atomic mass is 10.2. The van der Waals surface area contributed by atoms with Crippen LogP contribution in [0.3, 0.4) is 0 Å². The van der Waals surface area contributed by atoms with Gasteiger partial charge >= 0.3 is 0 Å². The molecular weight excluding hydrogens is 88.1 g/mol. The van der Waals surface area contributed by atoms with Gasteiger partial charge in [0.05, 0.1) is 0 Å². The van der Waals surface area contributed by atoms with E-state index in [4.69, 9.17) is 5.11 Å². The average molecular weight is 100 g/mol. The Morgan fingerprint density at radius 3 is 2.71 bits per heavy atom. The fraction of sp³-hybridized carbons (Fsp3) is 0.667. The third-order valence-corrected chi connectivity index (χ3v) is 0.787. The molecule has 0 heterocycles. The average Bonchev–Trinajstić information content (AvgIpc) is 1.69. The Morgan fingerprint density at radius 1 is 1.57 bits per heavy atom. The number of aliphatic hydroxyl groups excluding tert-OH is 1. The second-order valence-corrected chi connectivity index (χ2v) is 1.47. The van der Waals surface area contributed by atoms with Crippen LogP contribution in [-0.4, -0.2) is 11.7 Å². The Morgan fingerprint density at radius 2 is 2.29 bits per heavy atom. The summed E-state index contributed by atoms with van der Waals surface area (Å²) in [5, 5.41) is 8.22. The van der Waals surface area contributed by atoms with Gasteiger partial charge in [0.15, 0.2) is 0 Å². The Labute approximate surface area is 45.4 Å². The van der Waals surface area contributed by atoms with Gasteiger partial charge in [-0.1, -0.05) is 19.8 Å². The number of rotatable bonds is 4. The van der Waals surface area contributed by atoms with Crippen molar-refractivity contribution in [1.82, 2.24) is 0 Å². The van der Waals surface area contributed by atoms with Crippen molar-refractivity contribution >= 4 is 0 Å². The summed E-state index contributed by atoms with van der Waals surface area (Å²) < 4.78 is 0. The number of aliphatic hydroxyl groups is 1. The molecule has 0 saturated heterocycles. The highest BCUT2D eigenvalue weighted by Crippen LogP contribution is 1.94. The molecule has 1 nitrogen and oxygen atoms in total. The molecule has 0 atom stereocenters. The molecule has 0 bridgehead atoms. The van der Waals surface area contributed by atoms with Crippen LogP contribution in [0.2, 0.25) is 0 Å². The molecule has 0 aliphatic carbocycles. The predicted molar refractivity (Wildman–Crippen MR) is 30.6 cm³/mol. The summed E-state index contributed by atoms with van der Waals surface area (Å²) in [7, 11) is 0.